The molecule has 7 nitrogen and oxygen atoms in total. The fourth-order valence-electron chi connectivity index (χ4n) is 2.08. The highest BCUT2D eigenvalue weighted by molar-refractivity contribution is 7.90. The molecule has 0 heterocycles. The molecule has 0 saturated heterocycles. The third-order valence-corrected chi connectivity index (χ3v) is 5.23. The van der Waals surface area contributed by atoms with Crippen molar-refractivity contribution in [1.29, 1.82) is 0 Å². The molecule has 1 amide bonds. The number of nitro benzene ring substituents is 1. The Balaban J connectivity index is 1.96. The maximum Gasteiger partial charge on any atom is 0.271 e. The molecule has 0 radical (unpaired) electrons. The summed E-state index contributed by atoms with van der Waals surface area (Å²) >= 11 is 5.89. The van der Waals surface area contributed by atoms with Gasteiger partial charge in [-0.25, -0.2) is 8.42 Å². The lowest BCUT2D eigenvalue weighted by molar-refractivity contribution is -0.384. The maximum atomic E-state index is 12.1. The van der Waals surface area contributed by atoms with Crippen LogP contribution in [0.1, 0.15) is 12.0 Å². The van der Waals surface area contributed by atoms with Gasteiger partial charge in [-0.15, -0.1) is 0 Å². The fourth-order valence-corrected chi connectivity index (χ4v) is 3.59. The summed E-state index contributed by atoms with van der Waals surface area (Å²) in [5.41, 5.74) is 0.488. The Morgan fingerprint density at radius 1 is 1.16 bits per heavy atom. The van der Waals surface area contributed by atoms with E-state index >= 15 is 0 Å². The van der Waals surface area contributed by atoms with Gasteiger partial charge in [0.05, 0.1) is 27.1 Å². The van der Waals surface area contributed by atoms with Crippen LogP contribution in [0.4, 0.5) is 11.4 Å². The number of carbonyl (C=O) groups excluding carboxylic acids is 1. The number of benzene rings is 2. The molecule has 2 aromatic carbocycles. The van der Waals surface area contributed by atoms with E-state index in [9.17, 15) is 23.3 Å². The zero-order valence-corrected chi connectivity index (χ0v) is 14.6. The van der Waals surface area contributed by atoms with Crippen LogP contribution in [0.5, 0.6) is 0 Å². The van der Waals surface area contributed by atoms with Gasteiger partial charge in [0.15, 0.2) is 9.84 Å². The zero-order valence-electron chi connectivity index (χ0n) is 13.0. The van der Waals surface area contributed by atoms with Gasteiger partial charge in [0.25, 0.3) is 5.69 Å². The summed E-state index contributed by atoms with van der Waals surface area (Å²) in [5, 5.41) is 13.3. The van der Waals surface area contributed by atoms with E-state index in [2.05, 4.69) is 5.32 Å². The molecular weight excluding hydrogens is 368 g/mol. The molecule has 1 N–H and O–H groups in total. The van der Waals surface area contributed by atoms with E-state index in [1.807, 2.05) is 0 Å². The summed E-state index contributed by atoms with van der Waals surface area (Å²) in [6.07, 6.45) is -0.270. The van der Waals surface area contributed by atoms with Crippen molar-refractivity contribution in [1.82, 2.24) is 0 Å². The van der Waals surface area contributed by atoms with Crippen molar-refractivity contribution in [3.05, 3.63) is 69.2 Å². The Morgan fingerprint density at radius 3 is 2.48 bits per heavy atom. The Labute approximate surface area is 149 Å². The monoisotopic (exact) mass is 382 g/mol. The lowest BCUT2D eigenvalue weighted by atomic mass is 10.2. The predicted octanol–water partition coefficient (Wildman–Crippen LogP) is 3.19. The number of amides is 1. The van der Waals surface area contributed by atoms with E-state index in [0.717, 1.165) is 6.07 Å². The van der Waals surface area contributed by atoms with E-state index < -0.39 is 20.7 Å². The van der Waals surface area contributed by atoms with Crippen molar-refractivity contribution in [2.45, 2.75) is 12.2 Å². The van der Waals surface area contributed by atoms with Crippen LogP contribution in [0.15, 0.2) is 48.5 Å². The number of nitrogens with one attached hydrogen (secondary N) is 1. The highest BCUT2D eigenvalue weighted by Crippen LogP contribution is 2.26. The molecule has 0 aliphatic carbocycles. The molecule has 0 spiro atoms. The number of halogens is 1. The molecule has 0 aliphatic heterocycles. The molecule has 0 atom stereocenters. The smallest absolute Gasteiger partial charge is 0.271 e. The minimum Gasteiger partial charge on any atom is -0.325 e. The average molecular weight is 383 g/mol. The first-order chi connectivity index (χ1) is 11.8. The minimum absolute atomic E-state index is 0.0707. The summed E-state index contributed by atoms with van der Waals surface area (Å²) in [5.74, 6) is -1.07. The SMILES string of the molecule is O=C(CCS(=O)(=O)Cc1ccccc1)Nc1cc([N+](=O)[O-])ccc1Cl. The highest BCUT2D eigenvalue weighted by Gasteiger charge is 2.16. The number of hydrogen-bond acceptors (Lipinski definition) is 5. The first-order valence-corrected chi connectivity index (χ1v) is 9.45. The third kappa shape index (κ3) is 5.84. The number of sulfone groups is 1. The van der Waals surface area contributed by atoms with Crippen molar-refractivity contribution in [2.24, 2.45) is 0 Å². The summed E-state index contributed by atoms with van der Waals surface area (Å²) in [7, 11) is -3.46. The molecule has 0 aliphatic rings. The van der Waals surface area contributed by atoms with Gasteiger partial charge in [-0.1, -0.05) is 41.9 Å². The van der Waals surface area contributed by atoms with Gasteiger partial charge in [0.2, 0.25) is 5.91 Å². The standard InChI is InChI=1S/C16H15ClN2O5S/c17-14-7-6-13(19(21)22)10-15(14)18-16(20)8-9-25(23,24)11-12-4-2-1-3-5-12/h1-7,10H,8-9,11H2,(H,18,20). The first-order valence-electron chi connectivity index (χ1n) is 7.25. The molecule has 25 heavy (non-hydrogen) atoms. The van der Waals surface area contributed by atoms with Crippen molar-refractivity contribution >= 4 is 38.7 Å². The lowest BCUT2D eigenvalue weighted by Gasteiger charge is -2.08. The first kappa shape index (κ1) is 18.9. The van der Waals surface area contributed by atoms with Crippen molar-refractivity contribution < 1.29 is 18.1 Å². The van der Waals surface area contributed by atoms with Gasteiger partial charge >= 0.3 is 0 Å². The van der Waals surface area contributed by atoms with Gasteiger partial charge in [-0.05, 0) is 11.6 Å². The topological polar surface area (TPSA) is 106 Å². The van der Waals surface area contributed by atoms with Crippen LogP contribution in [0.2, 0.25) is 5.02 Å². The molecule has 2 rings (SSSR count). The summed E-state index contributed by atoms with van der Waals surface area (Å²) in [4.78, 5) is 22.1. The van der Waals surface area contributed by atoms with Crippen molar-refractivity contribution in [3.63, 3.8) is 0 Å². The van der Waals surface area contributed by atoms with E-state index in [1.165, 1.54) is 12.1 Å². The van der Waals surface area contributed by atoms with Gasteiger partial charge < -0.3 is 5.32 Å². The fraction of sp³-hybridized carbons (Fsp3) is 0.188. The normalized spacial score (nSPS) is 11.1. The van der Waals surface area contributed by atoms with Gasteiger partial charge in [0, 0.05) is 18.6 Å². The number of nitro groups is 1. The molecular formula is C16H15ClN2O5S. The summed E-state index contributed by atoms with van der Waals surface area (Å²) in [6.45, 7) is 0. The Bertz CT molecular complexity index is 885. The predicted molar refractivity (Wildman–Crippen MR) is 95.3 cm³/mol. The summed E-state index contributed by atoms with van der Waals surface area (Å²) in [6, 6.07) is 12.3. The second-order valence-corrected chi connectivity index (χ2v) is 7.89. The Morgan fingerprint density at radius 2 is 1.84 bits per heavy atom. The molecule has 0 bridgehead atoms. The van der Waals surface area contributed by atoms with Crippen LogP contribution in [0.3, 0.4) is 0 Å². The highest BCUT2D eigenvalue weighted by atomic mass is 35.5. The number of nitrogens with zero attached hydrogens (tertiary/aromatic N) is 1. The van der Waals surface area contributed by atoms with Gasteiger partial charge in [-0.3, -0.25) is 14.9 Å². The van der Waals surface area contributed by atoms with E-state index in [-0.39, 0.29) is 34.3 Å². The van der Waals surface area contributed by atoms with Crippen LogP contribution < -0.4 is 5.32 Å². The van der Waals surface area contributed by atoms with Crippen LogP contribution in [-0.2, 0) is 20.4 Å². The van der Waals surface area contributed by atoms with E-state index in [1.54, 1.807) is 30.3 Å². The van der Waals surface area contributed by atoms with E-state index in [4.69, 9.17) is 11.6 Å². The van der Waals surface area contributed by atoms with Crippen LogP contribution in [-0.4, -0.2) is 25.0 Å². The average Bonchev–Trinajstić information content (AvgIpc) is 2.55. The molecule has 132 valence electrons. The molecule has 0 aromatic heterocycles. The Hall–Kier alpha value is -2.45. The van der Waals surface area contributed by atoms with Crippen LogP contribution in [0, 0.1) is 10.1 Å². The lowest BCUT2D eigenvalue weighted by Crippen LogP contribution is -2.18. The number of carbonyl (C=O) groups is 1. The van der Waals surface area contributed by atoms with Gasteiger partial charge in [-0.2, -0.15) is 0 Å². The molecule has 0 fully saturated rings. The largest absolute Gasteiger partial charge is 0.325 e. The van der Waals surface area contributed by atoms with Crippen LogP contribution in [0.25, 0.3) is 0 Å². The summed E-state index contributed by atoms with van der Waals surface area (Å²) < 4.78 is 24.1. The molecule has 9 heteroatoms. The molecule has 2 aromatic rings. The number of rotatable bonds is 7. The van der Waals surface area contributed by atoms with Crippen LogP contribution >= 0.6 is 11.6 Å². The quantitative estimate of drug-likeness (QED) is 0.584. The molecule has 0 saturated carbocycles. The second kappa shape index (κ2) is 8.09. The minimum atomic E-state index is -3.46. The van der Waals surface area contributed by atoms with E-state index in [0.29, 0.717) is 5.56 Å². The number of anilines is 1. The molecule has 0 unspecified atom stereocenters. The van der Waals surface area contributed by atoms with Crippen molar-refractivity contribution in [2.75, 3.05) is 11.1 Å². The van der Waals surface area contributed by atoms with Gasteiger partial charge in [0.1, 0.15) is 0 Å². The zero-order chi connectivity index (χ0) is 18.4. The second-order valence-electron chi connectivity index (χ2n) is 5.30. The van der Waals surface area contributed by atoms with Crippen molar-refractivity contribution in [3.8, 4) is 0 Å². The maximum absolute atomic E-state index is 12.1. The number of non-ortho nitro benzene ring substituents is 1. The number of hydrogen-bond donors (Lipinski definition) is 1. The third-order valence-electron chi connectivity index (χ3n) is 3.30. The Kier molecular flexibility index (Phi) is 6.11.